The minimum Gasteiger partial charge on any atom is -0.310 e. The van der Waals surface area contributed by atoms with Gasteiger partial charge in [0.15, 0.2) is 0 Å². The predicted octanol–water partition coefficient (Wildman–Crippen LogP) is 2.32. The van der Waals surface area contributed by atoms with Gasteiger partial charge in [0.1, 0.15) is 0 Å². The van der Waals surface area contributed by atoms with E-state index in [9.17, 15) is 0 Å². The lowest BCUT2D eigenvalue weighted by Crippen LogP contribution is -2.53. The second-order valence-corrected chi connectivity index (χ2v) is 7.59. The zero-order valence-electron chi connectivity index (χ0n) is 13.5. The minimum absolute atomic E-state index is 0.742. The molecule has 116 valence electrons. The molecule has 2 aliphatic heterocycles. The average Bonchev–Trinajstić information content (AvgIpc) is 2.84. The second kappa shape index (κ2) is 6.76. The van der Waals surface area contributed by atoms with Crippen LogP contribution in [0.15, 0.2) is 0 Å². The van der Waals surface area contributed by atoms with E-state index in [1.54, 1.807) is 0 Å². The van der Waals surface area contributed by atoms with Crippen molar-refractivity contribution in [1.29, 1.82) is 0 Å². The Kier molecular flexibility index (Phi) is 5.00. The Morgan fingerprint density at radius 2 is 1.85 bits per heavy atom. The molecular formula is C17H33N3. The molecule has 4 unspecified atom stereocenters. The lowest BCUT2D eigenvalue weighted by molar-refractivity contribution is 0.141. The summed E-state index contributed by atoms with van der Waals surface area (Å²) >= 11 is 0. The SMILES string of the molecule is CN(CC1CCC2CCCCC2N1)CC1CCCN1C. The first-order chi connectivity index (χ1) is 9.72. The van der Waals surface area contributed by atoms with Gasteiger partial charge >= 0.3 is 0 Å². The summed E-state index contributed by atoms with van der Waals surface area (Å²) in [6.07, 6.45) is 11.5. The molecule has 2 saturated heterocycles. The maximum atomic E-state index is 3.97. The summed E-state index contributed by atoms with van der Waals surface area (Å²) in [6.45, 7) is 3.79. The number of nitrogens with zero attached hydrogens (tertiary/aromatic N) is 2. The third-order valence-electron chi connectivity index (χ3n) is 5.97. The topological polar surface area (TPSA) is 18.5 Å². The fourth-order valence-electron chi connectivity index (χ4n) is 4.74. The summed E-state index contributed by atoms with van der Waals surface area (Å²) in [5.41, 5.74) is 0. The Morgan fingerprint density at radius 3 is 2.65 bits per heavy atom. The molecule has 3 nitrogen and oxygen atoms in total. The Bertz CT molecular complexity index is 307. The number of likely N-dealkylation sites (N-methyl/N-ethyl adjacent to an activating group) is 2. The van der Waals surface area contributed by atoms with Crippen LogP contribution in [0.2, 0.25) is 0 Å². The van der Waals surface area contributed by atoms with Crippen LogP contribution in [0.1, 0.15) is 51.4 Å². The smallest absolute Gasteiger partial charge is 0.0220 e. The molecule has 1 aliphatic carbocycles. The van der Waals surface area contributed by atoms with Crippen molar-refractivity contribution in [3.05, 3.63) is 0 Å². The van der Waals surface area contributed by atoms with E-state index in [0.29, 0.717) is 0 Å². The monoisotopic (exact) mass is 279 g/mol. The molecule has 0 aromatic rings. The summed E-state index contributed by atoms with van der Waals surface area (Å²) in [4.78, 5) is 5.12. The lowest BCUT2D eigenvalue weighted by Gasteiger charge is -2.42. The van der Waals surface area contributed by atoms with Crippen LogP contribution in [0.4, 0.5) is 0 Å². The van der Waals surface area contributed by atoms with Crippen molar-refractivity contribution >= 4 is 0 Å². The van der Waals surface area contributed by atoms with Gasteiger partial charge in [0, 0.05) is 31.2 Å². The van der Waals surface area contributed by atoms with Crippen molar-refractivity contribution in [2.45, 2.75) is 69.5 Å². The van der Waals surface area contributed by atoms with Crippen LogP contribution in [0.25, 0.3) is 0 Å². The van der Waals surface area contributed by atoms with E-state index in [4.69, 9.17) is 0 Å². The Hall–Kier alpha value is -0.120. The van der Waals surface area contributed by atoms with E-state index >= 15 is 0 Å². The van der Waals surface area contributed by atoms with Gasteiger partial charge in [-0.3, -0.25) is 0 Å². The first kappa shape index (κ1) is 14.8. The summed E-state index contributed by atoms with van der Waals surface area (Å²) < 4.78 is 0. The van der Waals surface area contributed by atoms with E-state index < -0.39 is 0 Å². The molecule has 0 spiro atoms. The Morgan fingerprint density at radius 1 is 1.00 bits per heavy atom. The van der Waals surface area contributed by atoms with Gasteiger partial charge in [0.05, 0.1) is 0 Å². The molecular weight excluding hydrogens is 246 g/mol. The average molecular weight is 279 g/mol. The fraction of sp³-hybridized carbons (Fsp3) is 1.00. The molecule has 1 N–H and O–H groups in total. The molecule has 0 bridgehead atoms. The first-order valence-corrected chi connectivity index (χ1v) is 8.87. The molecule has 0 aromatic carbocycles. The number of fused-ring (bicyclic) bond motifs is 1. The van der Waals surface area contributed by atoms with Gasteiger partial charge in [-0.2, -0.15) is 0 Å². The van der Waals surface area contributed by atoms with Gasteiger partial charge in [-0.1, -0.05) is 12.8 Å². The second-order valence-electron chi connectivity index (χ2n) is 7.59. The first-order valence-electron chi connectivity index (χ1n) is 8.87. The van der Waals surface area contributed by atoms with Crippen LogP contribution in [0.3, 0.4) is 0 Å². The van der Waals surface area contributed by atoms with Gasteiger partial charge < -0.3 is 15.1 Å². The van der Waals surface area contributed by atoms with Crippen molar-refractivity contribution in [3.63, 3.8) is 0 Å². The van der Waals surface area contributed by atoms with E-state index in [1.165, 1.54) is 71.0 Å². The third kappa shape index (κ3) is 3.55. The lowest BCUT2D eigenvalue weighted by atomic mass is 9.78. The molecule has 1 saturated carbocycles. The van der Waals surface area contributed by atoms with E-state index in [1.807, 2.05) is 0 Å². The van der Waals surface area contributed by atoms with Gasteiger partial charge in [-0.05, 0) is 65.1 Å². The number of rotatable bonds is 4. The summed E-state index contributed by atoms with van der Waals surface area (Å²) in [7, 11) is 4.61. The van der Waals surface area contributed by atoms with E-state index in [0.717, 1.165) is 24.0 Å². The number of hydrogen-bond acceptors (Lipinski definition) is 3. The highest BCUT2D eigenvalue weighted by Gasteiger charge is 2.32. The van der Waals surface area contributed by atoms with E-state index in [2.05, 4.69) is 29.2 Å². The van der Waals surface area contributed by atoms with Gasteiger partial charge in [-0.15, -0.1) is 0 Å². The Balaban J connectivity index is 1.43. The van der Waals surface area contributed by atoms with Crippen molar-refractivity contribution in [1.82, 2.24) is 15.1 Å². The highest BCUT2D eigenvalue weighted by molar-refractivity contribution is 4.90. The molecule has 0 aromatic heterocycles. The van der Waals surface area contributed by atoms with Crippen molar-refractivity contribution in [3.8, 4) is 0 Å². The van der Waals surface area contributed by atoms with Crippen molar-refractivity contribution in [2.24, 2.45) is 5.92 Å². The van der Waals surface area contributed by atoms with Gasteiger partial charge in [0.2, 0.25) is 0 Å². The van der Waals surface area contributed by atoms with Crippen LogP contribution in [0, 0.1) is 5.92 Å². The number of nitrogens with one attached hydrogen (secondary N) is 1. The molecule has 0 amide bonds. The quantitative estimate of drug-likeness (QED) is 0.852. The zero-order chi connectivity index (χ0) is 13.9. The van der Waals surface area contributed by atoms with Crippen LogP contribution >= 0.6 is 0 Å². The zero-order valence-corrected chi connectivity index (χ0v) is 13.5. The summed E-state index contributed by atoms with van der Waals surface area (Å²) in [5, 5.41) is 3.97. The third-order valence-corrected chi connectivity index (χ3v) is 5.97. The van der Waals surface area contributed by atoms with Crippen LogP contribution < -0.4 is 5.32 Å². The molecule has 3 fully saturated rings. The van der Waals surface area contributed by atoms with Crippen LogP contribution in [-0.4, -0.2) is 61.7 Å². The summed E-state index contributed by atoms with van der Waals surface area (Å²) in [5.74, 6) is 0.992. The highest BCUT2D eigenvalue weighted by atomic mass is 15.2. The predicted molar refractivity (Wildman–Crippen MR) is 85.1 cm³/mol. The molecule has 3 rings (SSSR count). The Labute approximate surface area is 125 Å². The normalized spacial score (nSPS) is 39.1. The standard InChI is InChI=1S/C17H33N3/c1-19(13-16-7-5-11-20(16)2)12-15-10-9-14-6-3-4-8-17(14)18-15/h14-18H,3-13H2,1-2H3. The number of piperidine rings is 1. The highest BCUT2D eigenvalue weighted by Crippen LogP contribution is 2.32. The molecule has 4 atom stereocenters. The van der Waals surface area contributed by atoms with E-state index in [-0.39, 0.29) is 0 Å². The largest absolute Gasteiger partial charge is 0.310 e. The minimum atomic E-state index is 0.742. The fourth-order valence-corrected chi connectivity index (χ4v) is 4.74. The van der Waals surface area contributed by atoms with Crippen LogP contribution in [0.5, 0.6) is 0 Å². The molecule has 20 heavy (non-hydrogen) atoms. The van der Waals surface area contributed by atoms with Crippen LogP contribution in [-0.2, 0) is 0 Å². The van der Waals surface area contributed by atoms with Gasteiger partial charge in [0.25, 0.3) is 0 Å². The van der Waals surface area contributed by atoms with Crippen molar-refractivity contribution < 1.29 is 0 Å². The molecule has 3 aliphatic rings. The number of likely N-dealkylation sites (tertiary alicyclic amines) is 1. The maximum Gasteiger partial charge on any atom is 0.0220 e. The van der Waals surface area contributed by atoms with Gasteiger partial charge in [-0.25, -0.2) is 0 Å². The maximum absolute atomic E-state index is 3.97. The molecule has 0 radical (unpaired) electrons. The number of hydrogen-bond donors (Lipinski definition) is 1. The molecule has 2 heterocycles. The summed E-state index contributed by atoms with van der Waals surface area (Å²) in [6, 6.07) is 2.38. The molecule has 3 heteroatoms. The van der Waals surface area contributed by atoms with Crippen molar-refractivity contribution in [2.75, 3.05) is 33.7 Å².